The summed E-state index contributed by atoms with van der Waals surface area (Å²) < 4.78 is 32.1. The second-order valence-corrected chi connectivity index (χ2v) is 9.52. The van der Waals surface area contributed by atoms with Crippen molar-refractivity contribution in [3.63, 3.8) is 0 Å². The van der Waals surface area contributed by atoms with E-state index < -0.39 is 10.0 Å². The van der Waals surface area contributed by atoms with E-state index in [0.717, 1.165) is 24.9 Å². The number of hydrogen-bond donors (Lipinski definition) is 1. The van der Waals surface area contributed by atoms with Crippen LogP contribution in [0.3, 0.4) is 0 Å². The molecule has 0 aliphatic carbocycles. The summed E-state index contributed by atoms with van der Waals surface area (Å²) in [5, 5.41) is 6.49. The van der Waals surface area contributed by atoms with Gasteiger partial charge >= 0.3 is 0 Å². The molecule has 29 heavy (non-hydrogen) atoms. The average Bonchev–Trinajstić information content (AvgIpc) is 2.94. The molecule has 1 fully saturated rings. The van der Waals surface area contributed by atoms with Gasteiger partial charge in [-0.05, 0) is 38.3 Å². The first kappa shape index (κ1) is 21.5. The van der Waals surface area contributed by atoms with Crippen LogP contribution >= 0.6 is 0 Å². The summed E-state index contributed by atoms with van der Waals surface area (Å²) in [6.07, 6.45) is 2.32. The minimum absolute atomic E-state index is 0.00404. The smallest absolute Gasteiger partial charge is 0.239 e. The topological polar surface area (TPSA) is 95.8 Å². The minimum atomic E-state index is -3.39. The van der Waals surface area contributed by atoms with Crippen molar-refractivity contribution in [3.8, 4) is 0 Å². The third-order valence-electron chi connectivity index (χ3n) is 5.20. The lowest BCUT2D eigenvalue weighted by molar-refractivity contribution is -0.117. The number of rotatable bonds is 7. The van der Waals surface area contributed by atoms with Crippen molar-refractivity contribution in [2.45, 2.75) is 38.0 Å². The largest absolute Gasteiger partial charge is 0.360 e. The molecular formula is C20H28N4O4S. The fourth-order valence-electron chi connectivity index (χ4n) is 3.58. The highest BCUT2D eigenvalue weighted by Gasteiger charge is 2.29. The molecule has 1 amide bonds. The van der Waals surface area contributed by atoms with Gasteiger partial charge in [0.05, 0.1) is 12.3 Å². The van der Waals surface area contributed by atoms with E-state index in [4.69, 9.17) is 4.52 Å². The Morgan fingerprint density at radius 2 is 2.03 bits per heavy atom. The molecule has 1 N–H and O–H groups in total. The van der Waals surface area contributed by atoms with Crippen molar-refractivity contribution in [2.75, 3.05) is 32.0 Å². The van der Waals surface area contributed by atoms with E-state index in [0.29, 0.717) is 24.5 Å². The maximum atomic E-state index is 12.8. The van der Waals surface area contributed by atoms with Crippen LogP contribution in [0.4, 0.5) is 5.82 Å². The molecule has 1 aliphatic heterocycles. The number of hydrogen-bond acceptors (Lipinski definition) is 6. The van der Waals surface area contributed by atoms with E-state index in [1.807, 2.05) is 30.3 Å². The Morgan fingerprint density at radius 1 is 1.28 bits per heavy atom. The van der Waals surface area contributed by atoms with Gasteiger partial charge in [0.2, 0.25) is 15.9 Å². The molecule has 3 rings (SSSR count). The van der Waals surface area contributed by atoms with Gasteiger partial charge < -0.3 is 9.84 Å². The summed E-state index contributed by atoms with van der Waals surface area (Å²) >= 11 is 0. The molecule has 8 nitrogen and oxygen atoms in total. The summed E-state index contributed by atoms with van der Waals surface area (Å²) in [7, 11) is -1.73. The average molecular weight is 421 g/mol. The molecule has 2 aromatic rings. The summed E-state index contributed by atoms with van der Waals surface area (Å²) in [6.45, 7) is 3.44. The number of nitrogens with zero attached hydrogens (tertiary/aromatic N) is 3. The lowest BCUT2D eigenvalue weighted by Gasteiger charge is -2.26. The van der Waals surface area contributed by atoms with Crippen molar-refractivity contribution in [2.24, 2.45) is 0 Å². The van der Waals surface area contributed by atoms with Gasteiger partial charge in [-0.3, -0.25) is 9.69 Å². The molecule has 1 aliphatic rings. The van der Waals surface area contributed by atoms with Gasteiger partial charge in [0, 0.05) is 25.7 Å². The Kier molecular flexibility index (Phi) is 7.05. The highest BCUT2D eigenvalue weighted by atomic mass is 32.2. The Bertz CT molecular complexity index is 914. The zero-order valence-corrected chi connectivity index (χ0v) is 17.7. The first-order valence-electron chi connectivity index (χ1n) is 9.78. The van der Waals surface area contributed by atoms with Crippen molar-refractivity contribution in [3.05, 3.63) is 47.7 Å². The monoisotopic (exact) mass is 420 g/mol. The summed E-state index contributed by atoms with van der Waals surface area (Å²) in [6, 6.07) is 10.8. The van der Waals surface area contributed by atoms with E-state index in [1.165, 1.54) is 4.31 Å². The van der Waals surface area contributed by atoms with Gasteiger partial charge in [-0.1, -0.05) is 35.5 Å². The summed E-state index contributed by atoms with van der Waals surface area (Å²) in [5.41, 5.74) is 0.786. The minimum Gasteiger partial charge on any atom is -0.360 e. The SMILES string of the molecule is Cc1cc(NC(=O)CN2CCCC(N(C)S(=O)(=O)Cc3ccccc3)CC2)no1. The number of nitrogens with one attached hydrogen (secondary N) is 1. The van der Waals surface area contributed by atoms with Crippen LogP contribution in [0.1, 0.15) is 30.6 Å². The maximum Gasteiger partial charge on any atom is 0.239 e. The second kappa shape index (κ2) is 9.51. The number of carbonyl (C=O) groups is 1. The fraction of sp³-hybridized carbons (Fsp3) is 0.500. The highest BCUT2D eigenvalue weighted by molar-refractivity contribution is 7.88. The van der Waals surface area contributed by atoms with Crippen molar-refractivity contribution >= 4 is 21.7 Å². The highest BCUT2D eigenvalue weighted by Crippen LogP contribution is 2.20. The summed E-state index contributed by atoms with van der Waals surface area (Å²) in [5.74, 6) is 0.899. The molecule has 0 radical (unpaired) electrons. The van der Waals surface area contributed by atoms with E-state index in [9.17, 15) is 13.2 Å². The zero-order chi connectivity index (χ0) is 20.9. The van der Waals surface area contributed by atoms with Gasteiger partial charge in [0.25, 0.3) is 0 Å². The number of sulfonamides is 1. The second-order valence-electron chi connectivity index (χ2n) is 7.49. The molecule has 1 atom stereocenters. The van der Waals surface area contributed by atoms with Gasteiger partial charge in [-0.2, -0.15) is 0 Å². The van der Waals surface area contributed by atoms with Crippen molar-refractivity contribution in [1.29, 1.82) is 0 Å². The van der Waals surface area contributed by atoms with Crippen LogP contribution in [-0.2, 0) is 20.6 Å². The third kappa shape index (κ3) is 6.12. The van der Waals surface area contributed by atoms with E-state index in [-0.39, 0.29) is 24.2 Å². The molecule has 1 saturated heterocycles. The molecule has 1 unspecified atom stereocenters. The lowest BCUT2D eigenvalue weighted by atomic mass is 10.1. The molecule has 1 aromatic carbocycles. The molecular weight excluding hydrogens is 392 g/mol. The molecule has 0 bridgehead atoms. The third-order valence-corrected chi connectivity index (χ3v) is 7.07. The number of anilines is 1. The van der Waals surface area contributed by atoms with Crippen LogP contribution in [0, 0.1) is 6.92 Å². The normalized spacial score (nSPS) is 18.5. The predicted molar refractivity (Wildman–Crippen MR) is 111 cm³/mol. The predicted octanol–water partition coefficient (Wildman–Crippen LogP) is 2.24. The van der Waals surface area contributed by atoms with E-state index >= 15 is 0 Å². The van der Waals surface area contributed by atoms with E-state index in [2.05, 4.69) is 15.4 Å². The lowest BCUT2D eigenvalue weighted by Crippen LogP contribution is -2.39. The standard InChI is InChI=1S/C20H28N4O4S/c1-16-13-19(22-28-16)21-20(25)14-24-11-6-9-18(10-12-24)23(2)29(26,27)15-17-7-4-3-5-8-17/h3-5,7-8,13,18H,6,9-12,14-15H2,1-2H3,(H,21,22,25). The number of benzene rings is 1. The quantitative estimate of drug-likeness (QED) is 0.738. The first-order valence-corrected chi connectivity index (χ1v) is 11.4. The van der Waals surface area contributed by atoms with Crippen LogP contribution in [0.5, 0.6) is 0 Å². The van der Waals surface area contributed by atoms with Crippen LogP contribution in [0.2, 0.25) is 0 Å². The first-order chi connectivity index (χ1) is 13.8. The number of likely N-dealkylation sites (tertiary alicyclic amines) is 1. The molecule has 2 heterocycles. The number of aromatic nitrogens is 1. The molecule has 0 spiro atoms. The molecule has 1 aromatic heterocycles. The van der Waals surface area contributed by atoms with E-state index in [1.54, 1.807) is 20.0 Å². The Labute approximate surface area is 171 Å². The number of aryl methyl sites for hydroxylation is 1. The van der Waals surface area contributed by atoms with Crippen LogP contribution in [0.15, 0.2) is 40.9 Å². The molecule has 158 valence electrons. The molecule has 9 heteroatoms. The van der Waals surface area contributed by atoms with Gasteiger partial charge in [0.1, 0.15) is 5.76 Å². The maximum absolute atomic E-state index is 12.8. The molecule has 0 saturated carbocycles. The fourth-order valence-corrected chi connectivity index (χ4v) is 5.07. The Hall–Kier alpha value is -2.23. The Morgan fingerprint density at radius 3 is 2.72 bits per heavy atom. The van der Waals surface area contributed by atoms with Crippen molar-refractivity contribution in [1.82, 2.24) is 14.4 Å². The van der Waals surface area contributed by atoms with Crippen molar-refractivity contribution < 1.29 is 17.7 Å². The zero-order valence-electron chi connectivity index (χ0n) is 16.9. The van der Waals surface area contributed by atoms with Crippen LogP contribution in [0.25, 0.3) is 0 Å². The van der Waals surface area contributed by atoms with Gasteiger partial charge in [-0.25, -0.2) is 12.7 Å². The van der Waals surface area contributed by atoms with Crippen LogP contribution < -0.4 is 5.32 Å². The summed E-state index contributed by atoms with van der Waals surface area (Å²) in [4.78, 5) is 14.3. The number of amides is 1. The van der Waals surface area contributed by atoms with Gasteiger partial charge in [-0.15, -0.1) is 0 Å². The van der Waals surface area contributed by atoms with Gasteiger partial charge in [0.15, 0.2) is 5.82 Å². The Balaban J connectivity index is 1.52. The van der Waals surface area contributed by atoms with Crippen LogP contribution in [-0.4, -0.2) is 61.4 Å². The number of carbonyl (C=O) groups excluding carboxylic acids is 1.